The Labute approximate surface area is 184 Å². The number of benzene rings is 2. The Balaban J connectivity index is 1.37. The average Bonchev–Trinajstić information content (AvgIpc) is 3.38. The minimum Gasteiger partial charge on any atom is -0.423 e. The van der Waals surface area contributed by atoms with Crippen molar-refractivity contribution in [2.45, 2.75) is 19.4 Å². The van der Waals surface area contributed by atoms with Gasteiger partial charge in [-0.2, -0.15) is 10.1 Å². The van der Waals surface area contributed by atoms with Crippen molar-refractivity contribution < 1.29 is 9.21 Å². The molecule has 0 unspecified atom stereocenters. The summed E-state index contributed by atoms with van der Waals surface area (Å²) in [7, 11) is 0. The molecule has 0 bridgehead atoms. The van der Waals surface area contributed by atoms with E-state index in [2.05, 4.69) is 21.9 Å². The van der Waals surface area contributed by atoms with Crippen molar-refractivity contribution in [1.29, 1.82) is 0 Å². The monoisotopic (exact) mass is 435 g/mol. The summed E-state index contributed by atoms with van der Waals surface area (Å²) in [6, 6.07) is 17.5. The molecule has 2 aromatic heterocycles. The third-order valence-corrected chi connectivity index (χ3v) is 5.93. The normalized spacial score (nSPS) is 17.2. The van der Waals surface area contributed by atoms with E-state index in [1.54, 1.807) is 29.1 Å². The van der Waals surface area contributed by atoms with E-state index in [0.717, 1.165) is 24.2 Å². The van der Waals surface area contributed by atoms with Gasteiger partial charge in [0.15, 0.2) is 5.58 Å². The predicted molar refractivity (Wildman–Crippen MR) is 120 cm³/mol. The zero-order chi connectivity index (χ0) is 21.4. The van der Waals surface area contributed by atoms with Crippen LogP contribution in [-0.4, -0.2) is 51.2 Å². The van der Waals surface area contributed by atoms with Crippen LogP contribution in [0.1, 0.15) is 23.8 Å². The SMILES string of the molecule is C[C@@H]1CCN(c2nc3cc(Cl)ccc3o2)CCN1C(=O)c1ccnn1-c1ccccc1. The van der Waals surface area contributed by atoms with Crippen LogP contribution in [0.2, 0.25) is 5.02 Å². The summed E-state index contributed by atoms with van der Waals surface area (Å²) in [6.07, 6.45) is 2.48. The molecule has 1 aliphatic rings. The van der Waals surface area contributed by atoms with Crippen molar-refractivity contribution in [2.24, 2.45) is 0 Å². The van der Waals surface area contributed by atoms with Crippen molar-refractivity contribution in [2.75, 3.05) is 24.5 Å². The lowest BCUT2D eigenvalue weighted by atomic mass is 10.2. The third-order valence-electron chi connectivity index (χ3n) is 5.69. The minimum absolute atomic E-state index is 0.0277. The summed E-state index contributed by atoms with van der Waals surface area (Å²) in [5.41, 5.74) is 2.86. The van der Waals surface area contributed by atoms with E-state index in [-0.39, 0.29) is 11.9 Å². The van der Waals surface area contributed by atoms with Gasteiger partial charge in [0.2, 0.25) is 0 Å². The van der Waals surface area contributed by atoms with E-state index in [0.29, 0.717) is 35.4 Å². The standard InChI is InChI=1S/C23H22ClN5O2/c1-16-10-12-27(23-26-19-15-17(24)7-8-21(19)31-23)13-14-28(16)22(30)20-9-11-25-29(20)18-5-3-2-4-6-18/h2-9,11,15-16H,10,12-14H2,1H3/t16-/m1/s1. The van der Waals surface area contributed by atoms with Gasteiger partial charge in [0.1, 0.15) is 11.2 Å². The molecule has 0 saturated carbocycles. The van der Waals surface area contributed by atoms with E-state index in [1.807, 2.05) is 41.3 Å². The van der Waals surface area contributed by atoms with Gasteiger partial charge in [-0.25, -0.2) is 4.68 Å². The number of para-hydroxylation sites is 1. The number of halogens is 1. The minimum atomic E-state index is -0.0277. The van der Waals surface area contributed by atoms with Gasteiger partial charge >= 0.3 is 0 Å². The topological polar surface area (TPSA) is 67.4 Å². The molecule has 31 heavy (non-hydrogen) atoms. The van der Waals surface area contributed by atoms with Crippen LogP contribution in [0, 0.1) is 0 Å². The van der Waals surface area contributed by atoms with Crippen LogP contribution in [0.5, 0.6) is 0 Å². The number of fused-ring (bicyclic) bond motifs is 1. The van der Waals surface area contributed by atoms with Gasteiger partial charge in [0.25, 0.3) is 11.9 Å². The van der Waals surface area contributed by atoms with Crippen LogP contribution in [0.4, 0.5) is 6.01 Å². The predicted octanol–water partition coefficient (Wildman–Crippen LogP) is 4.41. The number of hydrogen-bond acceptors (Lipinski definition) is 5. The lowest BCUT2D eigenvalue weighted by molar-refractivity contribution is 0.0695. The number of carbonyl (C=O) groups excluding carboxylic acids is 1. The van der Waals surface area contributed by atoms with Crippen molar-refractivity contribution in [3.05, 3.63) is 71.5 Å². The Kier molecular flexibility index (Phi) is 5.11. The van der Waals surface area contributed by atoms with Crippen LogP contribution in [0.25, 0.3) is 16.8 Å². The number of rotatable bonds is 3. The van der Waals surface area contributed by atoms with Gasteiger partial charge in [0.05, 0.1) is 11.9 Å². The van der Waals surface area contributed by atoms with Gasteiger partial charge in [-0.1, -0.05) is 29.8 Å². The first-order chi connectivity index (χ1) is 15.1. The second-order valence-corrected chi connectivity index (χ2v) is 8.13. The molecule has 1 amide bonds. The Morgan fingerprint density at radius 3 is 2.77 bits per heavy atom. The zero-order valence-corrected chi connectivity index (χ0v) is 17.9. The van der Waals surface area contributed by atoms with Gasteiger partial charge in [-0.3, -0.25) is 4.79 Å². The van der Waals surface area contributed by atoms with Gasteiger partial charge in [-0.15, -0.1) is 0 Å². The molecule has 1 aliphatic heterocycles. The largest absolute Gasteiger partial charge is 0.423 e. The van der Waals surface area contributed by atoms with Crippen molar-refractivity contribution in [3.8, 4) is 5.69 Å². The van der Waals surface area contributed by atoms with Crippen molar-refractivity contribution in [3.63, 3.8) is 0 Å². The molecule has 3 heterocycles. The molecular formula is C23H22ClN5O2. The summed E-state index contributed by atoms with van der Waals surface area (Å²) < 4.78 is 7.63. The zero-order valence-electron chi connectivity index (χ0n) is 17.1. The highest BCUT2D eigenvalue weighted by atomic mass is 35.5. The number of anilines is 1. The molecule has 0 aliphatic carbocycles. The molecule has 158 valence electrons. The molecular weight excluding hydrogens is 414 g/mol. The van der Waals surface area contributed by atoms with Gasteiger partial charge in [-0.05, 0) is 49.7 Å². The van der Waals surface area contributed by atoms with E-state index in [1.165, 1.54) is 0 Å². The molecule has 4 aromatic rings. The number of nitrogens with zero attached hydrogens (tertiary/aromatic N) is 5. The summed E-state index contributed by atoms with van der Waals surface area (Å²) >= 11 is 6.07. The number of hydrogen-bond donors (Lipinski definition) is 0. The fraction of sp³-hybridized carbons (Fsp3) is 0.261. The van der Waals surface area contributed by atoms with Crippen LogP contribution in [0.3, 0.4) is 0 Å². The van der Waals surface area contributed by atoms with E-state index >= 15 is 0 Å². The maximum atomic E-state index is 13.4. The number of carbonyl (C=O) groups is 1. The molecule has 1 atom stereocenters. The van der Waals surface area contributed by atoms with Crippen LogP contribution in [0.15, 0.2) is 65.2 Å². The molecule has 0 radical (unpaired) electrons. The molecule has 1 saturated heterocycles. The highest BCUT2D eigenvalue weighted by Crippen LogP contribution is 2.26. The average molecular weight is 436 g/mol. The molecule has 8 heteroatoms. The number of oxazole rings is 1. The Morgan fingerprint density at radius 2 is 1.94 bits per heavy atom. The number of amides is 1. The molecule has 2 aromatic carbocycles. The lowest BCUT2D eigenvalue weighted by Crippen LogP contribution is -2.40. The molecule has 1 fully saturated rings. The van der Waals surface area contributed by atoms with Gasteiger partial charge in [0, 0.05) is 30.7 Å². The van der Waals surface area contributed by atoms with Crippen LogP contribution >= 0.6 is 11.6 Å². The lowest BCUT2D eigenvalue weighted by Gasteiger charge is -2.26. The second kappa shape index (κ2) is 8.07. The summed E-state index contributed by atoms with van der Waals surface area (Å²) in [4.78, 5) is 22.0. The maximum Gasteiger partial charge on any atom is 0.298 e. The van der Waals surface area contributed by atoms with E-state index in [4.69, 9.17) is 16.0 Å². The highest BCUT2D eigenvalue weighted by molar-refractivity contribution is 6.31. The van der Waals surface area contributed by atoms with E-state index in [9.17, 15) is 4.79 Å². The fourth-order valence-corrected chi connectivity index (χ4v) is 4.13. The van der Waals surface area contributed by atoms with Crippen molar-refractivity contribution >= 4 is 34.6 Å². The molecule has 0 N–H and O–H groups in total. The molecule has 7 nitrogen and oxygen atoms in total. The van der Waals surface area contributed by atoms with Crippen LogP contribution in [-0.2, 0) is 0 Å². The summed E-state index contributed by atoms with van der Waals surface area (Å²) in [5.74, 6) is -0.0277. The highest BCUT2D eigenvalue weighted by Gasteiger charge is 2.29. The first-order valence-corrected chi connectivity index (χ1v) is 10.7. The van der Waals surface area contributed by atoms with E-state index < -0.39 is 0 Å². The van der Waals surface area contributed by atoms with Gasteiger partial charge < -0.3 is 14.2 Å². The first kappa shape index (κ1) is 19.6. The van der Waals surface area contributed by atoms with Crippen LogP contribution < -0.4 is 4.90 Å². The second-order valence-electron chi connectivity index (χ2n) is 7.70. The third kappa shape index (κ3) is 3.77. The summed E-state index contributed by atoms with van der Waals surface area (Å²) in [6.45, 7) is 4.04. The first-order valence-electron chi connectivity index (χ1n) is 10.3. The van der Waals surface area contributed by atoms with Crippen molar-refractivity contribution in [1.82, 2.24) is 19.7 Å². The molecule has 5 rings (SSSR count). The Hall–Kier alpha value is -3.32. The fourth-order valence-electron chi connectivity index (χ4n) is 3.96. The smallest absolute Gasteiger partial charge is 0.298 e. The summed E-state index contributed by atoms with van der Waals surface area (Å²) in [5, 5.41) is 5.00. The molecule has 0 spiro atoms. The quantitative estimate of drug-likeness (QED) is 0.477. The Morgan fingerprint density at radius 1 is 1.10 bits per heavy atom. The maximum absolute atomic E-state index is 13.4. The Bertz CT molecular complexity index is 1220. The number of aromatic nitrogens is 3.